The Morgan fingerprint density at radius 1 is 0.818 bits per heavy atom. The van der Waals surface area contributed by atoms with Crippen LogP contribution in [0.25, 0.3) is 0 Å². The van der Waals surface area contributed by atoms with Crippen LogP contribution in [0.1, 0.15) is 44.9 Å². The summed E-state index contributed by atoms with van der Waals surface area (Å²) in [5, 5.41) is 9.45. The van der Waals surface area contributed by atoms with E-state index in [2.05, 4.69) is 0 Å². The molecule has 2 aliphatic carbocycles. The molecule has 0 spiro atoms. The first-order chi connectivity index (χ1) is 5.36. The van der Waals surface area contributed by atoms with E-state index in [1.54, 1.807) is 0 Å². The summed E-state index contributed by atoms with van der Waals surface area (Å²) < 4.78 is 0. The fourth-order valence-electron chi connectivity index (χ4n) is 2.85. The number of aliphatic hydroxyl groups is 1. The average Bonchev–Trinajstić information content (AvgIpc) is 2.04. The molecule has 0 bridgehead atoms. The Labute approximate surface area is 68.8 Å². The van der Waals surface area contributed by atoms with Gasteiger partial charge in [-0.1, -0.05) is 25.7 Å². The zero-order valence-electron chi connectivity index (χ0n) is 7.13. The van der Waals surface area contributed by atoms with Gasteiger partial charge < -0.3 is 5.11 Å². The van der Waals surface area contributed by atoms with Crippen molar-refractivity contribution in [2.75, 3.05) is 0 Å². The molecule has 1 unspecified atom stereocenters. The van der Waals surface area contributed by atoms with E-state index in [1.165, 1.54) is 32.1 Å². The smallest absolute Gasteiger partial charge is 0.0543 e. The molecule has 1 N–H and O–H groups in total. The monoisotopic (exact) mass is 154 g/mol. The third-order valence-electron chi connectivity index (χ3n) is 3.51. The zero-order chi connectivity index (χ0) is 7.68. The molecule has 2 rings (SSSR count). The van der Waals surface area contributed by atoms with Gasteiger partial charge in [-0.05, 0) is 31.1 Å². The van der Waals surface area contributed by atoms with E-state index in [0.29, 0.717) is 0 Å². The van der Waals surface area contributed by atoms with E-state index in [4.69, 9.17) is 0 Å². The minimum absolute atomic E-state index is 0.0364. The summed E-state index contributed by atoms with van der Waals surface area (Å²) in [4.78, 5) is 0. The summed E-state index contributed by atoms with van der Waals surface area (Å²) in [5.74, 6) is 1.86. The Bertz CT molecular complexity index is 133. The molecule has 2 saturated carbocycles. The van der Waals surface area contributed by atoms with E-state index < -0.39 is 0 Å². The van der Waals surface area contributed by atoms with Gasteiger partial charge in [0, 0.05) is 0 Å². The lowest BCUT2D eigenvalue weighted by Gasteiger charge is -2.37. The molecule has 3 atom stereocenters. The van der Waals surface area contributed by atoms with Crippen molar-refractivity contribution in [3.05, 3.63) is 0 Å². The Kier molecular flexibility index (Phi) is 2.17. The number of fused-ring (bicyclic) bond motifs is 1. The van der Waals surface area contributed by atoms with Crippen molar-refractivity contribution >= 4 is 0 Å². The first kappa shape index (κ1) is 7.60. The fourth-order valence-corrected chi connectivity index (χ4v) is 2.85. The van der Waals surface area contributed by atoms with Crippen LogP contribution in [0, 0.1) is 11.8 Å². The van der Waals surface area contributed by atoms with Gasteiger partial charge in [0.05, 0.1) is 6.10 Å². The first-order valence-electron chi connectivity index (χ1n) is 5.04. The number of hydrogen-bond donors (Lipinski definition) is 1. The highest BCUT2D eigenvalue weighted by molar-refractivity contribution is 4.82. The molecule has 0 aromatic carbocycles. The van der Waals surface area contributed by atoms with Gasteiger partial charge in [0.1, 0.15) is 0 Å². The van der Waals surface area contributed by atoms with Gasteiger partial charge in [-0.3, -0.25) is 0 Å². The Hall–Kier alpha value is -0.0400. The van der Waals surface area contributed by atoms with Crippen LogP contribution in [-0.4, -0.2) is 11.2 Å². The largest absolute Gasteiger partial charge is 0.393 e. The second-order valence-corrected chi connectivity index (χ2v) is 4.27. The van der Waals surface area contributed by atoms with Crippen molar-refractivity contribution in [2.24, 2.45) is 11.8 Å². The van der Waals surface area contributed by atoms with Crippen LogP contribution in [0.3, 0.4) is 0 Å². The normalized spacial score (nSPS) is 45.0. The van der Waals surface area contributed by atoms with Crippen LogP contribution < -0.4 is 0 Å². The molecule has 1 heteroatoms. The van der Waals surface area contributed by atoms with E-state index in [1.807, 2.05) is 0 Å². The van der Waals surface area contributed by atoms with Crippen molar-refractivity contribution in [3.63, 3.8) is 0 Å². The second-order valence-electron chi connectivity index (χ2n) is 4.27. The van der Waals surface area contributed by atoms with E-state index in [-0.39, 0.29) is 6.10 Å². The topological polar surface area (TPSA) is 20.2 Å². The molecule has 0 amide bonds. The summed E-state index contributed by atoms with van der Waals surface area (Å²) in [6.45, 7) is 0. The molecule has 0 aromatic heterocycles. The molecular weight excluding hydrogens is 136 g/mol. The maximum Gasteiger partial charge on any atom is 0.0543 e. The quantitative estimate of drug-likeness (QED) is 0.568. The standard InChI is InChI=1S/C10H18O/c11-10-6-5-8-3-1-2-4-9(8)7-10/h8-11H,1-7H2/t8-,9?,10-/m0/s1. The first-order valence-corrected chi connectivity index (χ1v) is 5.04. The lowest BCUT2D eigenvalue weighted by atomic mass is 9.70. The molecule has 64 valence electrons. The highest BCUT2D eigenvalue weighted by atomic mass is 16.3. The molecule has 2 fully saturated rings. The van der Waals surface area contributed by atoms with E-state index >= 15 is 0 Å². The van der Waals surface area contributed by atoms with Crippen LogP contribution in [-0.2, 0) is 0 Å². The van der Waals surface area contributed by atoms with E-state index in [0.717, 1.165) is 24.7 Å². The Morgan fingerprint density at radius 2 is 1.55 bits per heavy atom. The van der Waals surface area contributed by atoms with Gasteiger partial charge in [0.25, 0.3) is 0 Å². The molecule has 0 radical (unpaired) electrons. The molecule has 0 heterocycles. The van der Waals surface area contributed by atoms with Crippen LogP contribution in [0.2, 0.25) is 0 Å². The third-order valence-corrected chi connectivity index (χ3v) is 3.51. The average molecular weight is 154 g/mol. The maximum atomic E-state index is 9.45. The summed E-state index contributed by atoms with van der Waals surface area (Å²) in [5.41, 5.74) is 0. The molecule has 0 saturated heterocycles. The minimum Gasteiger partial charge on any atom is -0.393 e. The molecule has 2 aliphatic rings. The minimum atomic E-state index is 0.0364. The van der Waals surface area contributed by atoms with Crippen molar-refractivity contribution in [3.8, 4) is 0 Å². The molecule has 1 nitrogen and oxygen atoms in total. The van der Waals surface area contributed by atoms with Crippen LogP contribution in [0.5, 0.6) is 0 Å². The van der Waals surface area contributed by atoms with Gasteiger partial charge >= 0.3 is 0 Å². The van der Waals surface area contributed by atoms with Crippen molar-refractivity contribution in [2.45, 2.75) is 51.0 Å². The SMILES string of the molecule is O[C@H]1CC[C@@H]2CCCCC2C1. The zero-order valence-corrected chi connectivity index (χ0v) is 7.13. The molecular formula is C10H18O. The summed E-state index contributed by atoms with van der Waals surface area (Å²) in [7, 11) is 0. The van der Waals surface area contributed by atoms with Gasteiger partial charge in [0.15, 0.2) is 0 Å². The van der Waals surface area contributed by atoms with Gasteiger partial charge in [0.2, 0.25) is 0 Å². The summed E-state index contributed by atoms with van der Waals surface area (Å²) >= 11 is 0. The summed E-state index contributed by atoms with van der Waals surface area (Å²) in [6.07, 6.45) is 9.19. The van der Waals surface area contributed by atoms with E-state index in [9.17, 15) is 5.11 Å². The van der Waals surface area contributed by atoms with Gasteiger partial charge in [-0.15, -0.1) is 0 Å². The van der Waals surface area contributed by atoms with Crippen LogP contribution in [0.15, 0.2) is 0 Å². The maximum absolute atomic E-state index is 9.45. The van der Waals surface area contributed by atoms with Crippen LogP contribution >= 0.6 is 0 Å². The van der Waals surface area contributed by atoms with Crippen molar-refractivity contribution < 1.29 is 5.11 Å². The van der Waals surface area contributed by atoms with Gasteiger partial charge in [-0.2, -0.15) is 0 Å². The Balaban J connectivity index is 1.93. The molecule has 0 aromatic rings. The molecule has 11 heavy (non-hydrogen) atoms. The summed E-state index contributed by atoms with van der Waals surface area (Å²) in [6, 6.07) is 0. The predicted octanol–water partition coefficient (Wildman–Crippen LogP) is 2.34. The third kappa shape index (κ3) is 1.58. The number of aliphatic hydroxyl groups excluding tert-OH is 1. The lowest BCUT2D eigenvalue weighted by Crippen LogP contribution is -2.29. The Morgan fingerprint density at radius 3 is 2.36 bits per heavy atom. The number of rotatable bonds is 0. The molecule has 0 aliphatic heterocycles. The fraction of sp³-hybridized carbons (Fsp3) is 1.00. The van der Waals surface area contributed by atoms with Crippen LogP contribution in [0.4, 0.5) is 0 Å². The second kappa shape index (κ2) is 3.14. The van der Waals surface area contributed by atoms with Crippen molar-refractivity contribution in [1.29, 1.82) is 0 Å². The highest BCUT2D eigenvalue weighted by Crippen LogP contribution is 2.40. The highest BCUT2D eigenvalue weighted by Gasteiger charge is 2.30. The predicted molar refractivity (Wildman–Crippen MR) is 45.3 cm³/mol. The lowest BCUT2D eigenvalue weighted by molar-refractivity contribution is 0.0491. The van der Waals surface area contributed by atoms with Gasteiger partial charge in [-0.25, -0.2) is 0 Å². The number of hydrogen-bond acceptors (Lipinski definition) is 1. The van der Waals surface area contributed by atoms with Crippen molar-refractivity contribution in [1.82, 2.24) is 0 Å².